The van der Waals surface area contributed by atoms with E-state index in [9.17, 15) is 14.0 Å². The standard InChI is InChI=1S/C21H19FN2O2/c1-14-5-10-19(15(2)12-14)23-20(25)18-4-3-11-24(21(18)26)13-16-6-8-17(22)9-7-16/h3-12H,13H2,1-2H3,(H,23,25). The van der Waals surface area contributed by atoms with E-state index in [1.807, 2.05) is 32.0 Å². The lowest BCUT2D eigenvalue weighted by molar-refractivity contribution is 0.102. The van der Waals surface area contributed by atoms with Gasteiger partial charge in [-0.15, -0.1) is 0 Å². The lowest BCUT2D eigenvalue weighted by Gasteiger charge is -2.11. The molecule has 1 aromatic heterocycles. The second-order valence-corrected chi connectivity index (χ2v) is 6.25. The number of rotatable bonds is 4. The number of carbonyl (C=O) groups is 1. The predicted molar refractivity (Wildman–Crippen MR) is 100 cm³/mol. The normalized spacial score (nSPS) is 10.6. The summed E-state index contributed by atoms with van der Waals surface area (Å²) < 4.78 is 14.5. The highest BCUT2D eigenvalue weighted by Gasteiger charge is 2.13. The van der Waals surface area contributed by atoms with Crippen molar-refractivity contribution in [2.45, 2.75) is 20.4 Å². The Kier molecular flexibility index (Phi) is 4.98. The first-order valence-electron chi connectivity index (χ1n) is 8.26. The van der Waals surface area contributed by atoms with E-state index in [1.54, 1.807) is 24.4 Å². The fourth-order valence-electron chi connectivity index (χ4n) is 2.76. The van der Waals surface area contributed by atoms with Crippen LogP contribution in [0.25, 0.3) is 0 Å². The van der Waals surface area contributed by atoms with Gasteiger partial charge in [0, 0.05) is 11.9 Å². The van der Waals surface area contributed by atoms with Crippen LogP contribution in [0.5, 0.6) is 0 Å². The third-order valence-corrected chi connectivity index (χ3v) is 4.16. The number of aromatic nitrogens is 1. The van der Waals surface area contributed by atoms with E-state index in [0.717, 1.165) is 16.7 Å². The largest absolute Gasteiger partial charge is 0.322 e. The molecule has 0 aliphatic heterocycles. The van der Waals surface area contributed by atoms with Crippen molar-refractivity contribution in [2.24, 2.45) is 0 Å². The van der Waals surface area contributed by atoms with Crippen LogP contribution in [0.3, 0.4) is 0 Å². The second-order valence-electron chi connectivity index (χ2n) is 6.25. The molecule has 0 radical (unpaired) electrons. The summed E-state index contributed by atoms with van der Waals surface area (Å²) in [6.07, 6.45) is 1.61. The summed E-state index contributed by atoms with van der Waals surface area (Å²) in [5.74, 6) is -0.780. The number of pyridine rings is 1. The van der Waals surface area contributed by atoms with Gasteiger partial charge in [0.15, 0.2) is 0 Å². The molecule has 0 spiro atoms. The molecular weight excluding hydrogens is 331 g/mol. The van der Waals surface area contributed by atoms with Crippen LogP contribution in [0.2, 0.25) is 0 Å². The molecule has 132 valence electrons. The van der Waals surface area contributed by atoms with E-state index >= 15 is 0 Å². The number of aryl methyl sites for hydroxylation is 2. The first kappa shape index (κ1) is 17.6. The van der Waals surface area contributed by atoms with Gasteiger partial charge in [-0.25, -0.2) is 4.39 Å². The molecule has 0 bridgehead atoms. The van der Waals surface area contributed by atoms with Gasteiger partial charge in [0.1, 0.15) is 11.4 Å². The summed E-state index contributed by atoms with van der Waals surface area (Å²) in [6.45, 7) is 4.15. The summed E-state index contributed by atoms with van der Waals surface area (Å²) in [7, 11) is 0. The maximum absolute atomic E-state index is 13.0. The second kappa shape index (κ2) is 7.35. The number of amides is 1. The molecule has 0 aliphatic carbocycles. The van der Waals surface area contributed by atoms with Crippen molar-refractivity contribution in [1.82, 2.24) is 4.57 Å². The van der Waals surface area contributed by atoms with Crippen molar-refractivity contribution in [3.05, 3.63) is 99.2 Å². The predicted octanol–water partition coefficient (Wildman–Crippen LogP) is 3.90. The molecule has 0 saturated carbocycles. The van der Waals surface area contributed by atoms with Crippen molar-refractivity contribution >= 4 is 11.6 Å². The molecule has 0 fully saturated rings. The number of halogens is 1. The van der Waals surface area contributed by atoms with E-state index in [-0.39, 0.29) is 23.5 Å². The average Bonchev–Trinajstić information content (AvgIpc) is 2.61. The van der Waals surface area contributed by atoms with Crippen LogP contribution in [-0.4, -0.2) is 10.5 Å². The Morgan fingerprint density at radius 3 is 2.50 bits per heavy atom. The molecule has 1 N–H and O–H groups in total. The highest BCUT2D eigenvalue weighted by Crippen LogP contribution is 2.16. The monoisotopic (exact) mass is 350 g/mol. The number of hydrogen-bond donors (Lipinski definition) is 1. The van der Waals surface area contributed by atoms with Crippen LogP contribution in [0.1, 0.15) is 27.0 Å². The Hall–Kier alpha value is -3.21. The van der Waals surface area contributed by atoms with E-state index in [0.29, 0.717) is 5.69 Å². The minimum Gasteiger partial charge on any atom is -0.322 e. The number of nitrogens with one attached hydrogen (secondary N) is 1. The van der Waals surface area contributed by atoms with Crippen molar-refractivity contribution < 1.29 is 9.18 Å². The van der Waals surface area contributed by atoms with Gasteiger partial charge < -0.3 is 9.88 Å². The van der Waals surface area contributed by atoms with E-state index in [1.165, 1.54) is 22.8 Å². The van der Waals surface area contributed by atoms with Gasteiger partial charge in [0.25, 0.3) is 11.5 Å². The number of hydrogen-bond acceptors (Lipinski definition) is 2. The number of nitrogens with zero attached hydrogens (tertiary/aromatic N) is 1. The molecule has 5 heteroatoms. The maximum atomic E-state index is 13.0. The highest BCUT2D eigenvalue weighted by molar-refractivity contribution is 6.04. The molecule has 0 unspecified atom stereocenters. The molecule has 2 aromatic carbocycles. The van der Waals surface area contributed by atoms with Gasteiger partial charge in [-0.1, -0.05) is 29.8 Å². The summed E-state index contributed by atoms with van der Waals surface area (Å²) in [6, 6.07) is 14.8. The molecular formula is C21H19FN2O2. The molecule has 3 rings (SSSR count). The molecule has 1 amide bonds. The first-order valence-corrected chi connectivity index (χ1v) is 8.26. The van der Waals surface area contributed by atoms with Crippen LogP contribution in [0, 0.1) is 19.7 Å². The number of benzene rings is 2. The first-order chi connectivity index (χ1) is 12.4. The Bertz CT molecular complexity index is 1010. The Morgan fingerprint density at radius 2 is 1.81 bits per heavy atom. The van der Waals surface area contributed by atoms with Crippen LogP contribution in [-0.2, 0) is 6.54 Å². The molecule has 1 heterocycles. The number of anilines is 1. The molecule has 0 saturated heterocycles. The summed E-state index contributed by atoms with van der Waals surface area (Å²) in [5, 5.41) is 2.79. The van der Waals surface area contributed by atoms with E-state index in [4.69, 9.17) is 0 Å². The Balaban J connectivity index is 1.85. The zero-order valence-electron chi connectivity index (χ0n) is 14.6. The van der Waals surface area contributed by atoms with Gasteiger partial charge in [0.2, 0.25) is 0 Å². The fourth-order valence-corrected chi connectivity index (χ4v) is 2.76. The summed E-state index contributed by atoms with van der Waals surface area (Å²) in [4.78, 5) is 25.2. The fraction of sp³-hybridized carbons (Fsp3) is 0.143. The molecule has 0 atom stereocenters. The lowest BCUT2D eigenvalue weighted by atomic mass is 10.1. The molecule has 0 aliphatic rings. The van der Waals surface area contributed by atoms with Gasteiger partial charge in [-0.05, 0) is 55.3 Å². The summed E-state index contributed by atoms with van der Waals surface area (Å²) >= 11 is 0. The van der Waals surface area contributed by atoms with Crippen LogP contribution in [0.4, 0.5) is 10.1 Å². The average molecular weight is 350 g/mol. The topological polar surface area (TPSA) is 51.1 Å². The quantitative estimate of drug-likeness (QED) is 0.776. The number of carbonyl (C=O) groups excluding carboxylic acids is 1. The van der Waals surface area contributed by atoms with Crippen molar-refractivity contribution in [3.63, 3.8) is 0 Å². The zero-order chi connectivity index (χ0) is 18.7. The third-order valence-electron chi connectivity index (χ3n) is 4.16. The lowest BCUT2D eigenvalue weighted by Crippen LogP contribution is -2.29. The maximum Gasteiger partial charge on any atom is 0.263 e. The van der Waals surface area contributed by atoms with Crippen molar-refractivity contribution in [2.75, 3.05) is 5.32 Å². The SMILES string of the molecule is Cc1ccc(NC(=O)c2cccn(Cc3ccc(F)cc3)c2=O)c(C)c1. The van der Waals surface area contributed by atoms with Gasteiger partial charge in [-0.3, -0.25) is 9.59 Å². The summed E-state index contributed by atoms with van der Waals surface area (Å²) in [5.41, 5.74) is 3.16. The molecule has 3 aromatic rings. The zero-order valence-corrected chi connectivity index (χ0v) is 14.6. The smallest absolute Gasteiger partial charge is 0.263 e. The van der Waals surface area contributed by atoms with E-state index in [2.05, 4.69) is 5.32 Å². The Morgan fingerprint density at radius 1 is 1.08 bits per heavy atom. The van der Waals surface area contributed by atoms with Crippen LogP contribution in [0.15, 0.2) is 65.6 Å². The molecule has 4 nitrogen and oxygen atoms in total. The van der Waals surface area contributed by atoms with Gasteiger partial charge in [0.05, 0.1) is 6.54 Å². The van der Waals surface area contributed by atoms with Crippen molar-refractivity contribution in [3.8, 4) is 0 Å². The third kappa shape index (κ3) is 3.88. The minimum atomic E-state index is -0.449. The van der Waals surface area contributed by atoms with E-state index < -0.39 is 5.91 Å². The van der Waals surface area contributed by atoms with Gasteiger partial charge in [-0.2, -0.15) is 0 Å². The highest BCUT2D eigenvalue weighted by atomic mass is 19.1. The Labute approximate surface area is 150 Å². The van der Waals surface area contributed by atoms with Crippen LogP contribution < -0.4 is 10.9 Å². The van der Waals surface area contributed by atoms with Crippen molar-refractivity contribution in [1.29, 1.82) is 0 Å². The minimum absolute atomic E-state index is 0.0644. The molecule has 26 heavy (non-hydrogen) atoms. The van der Waals surface area contributed by atoms with Crippen LogP contribution >= 0.6 is 0 Å². The van der Waals surface area contributed by atoms with Gasteiger partial charge >= 0.3 is 0 Å².